The highest BCUT2D eigenvalue weighted by atomic mass is 16.6. The average molecular weight is 263 g/mol. The summed E-state index contributed by atoms with van der Waals surface area (Å²) in [6.45, 7) is 0. The zero-order chi connectivity index (χ0) is 14.0. The highest BCUT2D eigenvalue weighted by molar-refractivity contribution is 5.72. The van der Waals surface area contributed by atoms with Gasteiger partial charge in [-0.25, -0.2) is 9.59 Å². The van der Waals surface area contributed by atoms with E-state index in [0.29, 0.717) is 10.4 Å². The van der Waals surface area contributed by atoms with Gasteiger partial charge in [-0.1, -0.05) is 18.2 Å². The second-order valence-corrected chi connectivity index (χ2v) is 3.94. The van der Waals surface area contributed by atoms with Crippen molar-refractivity contribution in [3.8, 4) is 5.75 Å². The van der Waals surface area contributed by atoms with Crippen molar-refractivity contribution in [3.63, 3.8) is 0 Å². The monoisotopic (exact) mass is 263 g/mol. The van der Waals surface area contributed by atoms with E-state index in [9.17, 15) is 9.59 Å². The normalized spacial score (nSPS) is 10.2. The van der Waals surface area contributed by atoms with Crippen LogP contribution in [-0.2, 0) is 0 Å². The third-order valence-electron chi connectivity index (χ3n) is 2.31. The lowest BCUT2D eigenvalue weighted by molar-refractivity contribution is 0.197. The molecule has 0 amide bonds. The Labute approximate surface area is 108 Å². The molecule has 1 aromatic heterocycles. The summed E-state index contributed by atoms with van der Waals surface area (Å²) in [6.07, 6.45) is -0.913. The first-order chi connectivity index (χ1) is 9.00. The number of nitrogens with two attached hydrogens (primary N) is 1. The molecule has 0 aliphatic rings. The van der Waals surface area contributed by atoms with E-state index in [1.807, 2.05) is 0 Å². The summed E-state index contributed by atoms with van der Waals surface area (Å²) in [5.41, 5.74) is -0.773. The van der Waals surface area contributed by atoms with Crippen LogP contribution in [0.3, 0.4) is 0 Å². The summed E-state index contributed by atoms with van der Waals surface area (Å²) < 4.78 is 6.35. The van der Waals surface area contributed by atoms with Crippen LogP contribution < -0.4 is 21.2 Å². The summed E-state index contributed by atoms with van der Waals surface area (Å²) in [5, 5.41) is 3.80. The van der Waals surface area contributed by atoms with Crippen molar-refractivity contribution in [2.45, 2.75) is 0 Å². The Balaban J connectivity index is 2.30. The molecule has 2 aromatic rings. The van der Waals surface area contributed by atoms with E-state index in [1.165, 1.54) is 4.90 Å². The largest absolute Gasteiger partial charge is 0.444 e. The van der Waals surface area contributed by atoms with E-state index in [2.05, 4.69) is 5.10 Å². The standard InChI is InChI=1S/C11H13N5O3/c1-14(2)9-13-16(10(17)15(9)12)11(18)19-8-6-4-3-5-7-8/h3-7H,12H2,1-2H3. The number of aromatic nitrogens is 3. The first-order valence-corrected chi connectivity index (χ1v) is 5.42. The number of para-hydroxylation sites is 1. The summed E-state index contributed by atoms with van der Waals surface area (Å²) in [4.78, 5) is 25.1. The van der Waals surface area contributed by atoms with Crippen LogP contribution in [0.1, 0.15) is 0 Å². The van der Waals surface area contributed by atoms with Crippen LogP contribution in [0.4, 0.5) is 10.7 Å². The van der Waals surface area contributed by atoms with Crippen molar-refractivity contribution < 1.29 is 9.53 Å². The quantitative estimate of drug-likeness (QED) is 0.758. The van der Waals surface area contributed by atoms with Crippen molar-refractivity contribution in [1.82, 2.24) is 14.5 Å². The van der Waals surface area contributed by atoms with Crippen LogP contribution in [-0.4, -0.2) is 34.6 Å². The third-order valence-corrected chi connectivity index (χ3v) is 2.31. The van der Waals surface area contributed by atoms with Gasteiger partial charge in [-0.05, 0) is 12.1 Å². The molecule has 0 radical (unpaired) electrons. The fourth-order valence-corrected chi connectivity index (χ4v) is 1.42. The highest BCUT2D eigenvalue weighted by Gasteiger charge is 2.19. The second-order valence-electron chi connectivity index (χ2n) is 3.94. The number of nitrogen functional groups attached to an aromatic ring is 1. The molecular formula is C11H13N5O3. The van der Waals surface area contributed by atoms with E-state index < -0.39 is 11.8 Å². The van der Waals surface area contributed by atoms with Gasteiger partial charge in [0.25, 0.3) is 0 Å². The number of ether oxygens (including phenoxy) is 1. The first-order valence-electron chi connectivity index (χ1n) is 5.42. The molecule has 2 N–H and O–H groups in total. The van der Waals surface area contributed by atoms with Gasteiger partial charge in [-0.15, -0.1) is 9.78 Å². The first kappa shape index (κ1) is 12.7. The summed E-state index contributed by atoms with van der Waals surface area (Å²) in [7, 11) is 3.30. The molecule has 0 saturated carbocycles. The number of carbonyl (C=O) groups excluding carboxylic acids is 1. The average Bonchev–Trinajstić information content (AvgIpc) is 2.68. The van der Waals surface area contributed by atoms with E-state index in [0.717, 1.165) is 4.68 Å². The second kappa shape index (κ2) is 4.84. The summed E-state index contributed by atoms with van der Waals surface area (Å²) in [6, 6.07) is 8.38. The van der Waals surface area contributed by atoms with Gasteiger partial charge in [0, 0.05) is 14.1 Å². The lowest BCUT2D eigenvalue weighted by atomic mass is 10.3. The van der Waals surface area contributed by atoms with E-state index in [1.54, 1.807) is 44.4 Å². The van der Waals surface area contributed by atoms with Crippen LogP contribution in [0.5, 0.6) is 5.75 Å². The predicted molar refractivity (Wildman–Crippen MR) is 68.8 cm³/mol. The lowest BCUT2D eigenvalue weighted by Gasteiger charge is -2.07. The Morgan fingerprint density at radius 3 is 2.47 bits per heavy atom. The Bertz CT molecular complexity index is 644. The topological polar surface area (TPSA) is 95.4 Å². The molecule has 0 aliphatic carbocycles. The Hall–Kier alpha value is -2.77. The number of benzene rings is 1. The van der Waals surface area contributed by atoms with Crippen molar-refractivity contribution in [1.29, 1.82) is 0 Å². The van der Waals surface area contributed by atoms with Crippen LogP contribution in [0.2, 0.25) is 0 Å². The molecule has 0 atom stereocenters. The molecule has 2 rings (SSSR count). The van der Waals surface area contributed by atoms with Crippen LogP contribution in [0.15, 0.2) is 35.1 Å². The molecular weight excluding hydrogens is 250 g/mol. The van der Waals surface area contributed by atoms with Gasteiger partial charge in [0.05, 0.1) is 0 Å². The van der Waals surface area contributed by atoms with Crippen molar-refractivity contribution in [2.24, 2.45) is 0 Å². The Morgan fingerprint density at radius 1 is 1.32 bits per heavy atom. The summed E-state index contributed by atoms with van der Waals surface area (Å²) >= 11 is 0. The maximum absolute atomic E-state index is 11.8. The molecule has 0 fully saturated rings. The van der Waals surface area contributed by atoms with Gasteiger partial charge >= 0.3 is 11.8 Å². The molecule has 8 heteroatoms. The van der Waals surface area contributed by atoms with Crippen molar-refractivity contribution in [2.75, 3.05) is 24.8 Å². The highest BCUT2D eigenvalue weighted by Crippen LogP contribution is 2.09. The molecule has 0 unspecified atom stereocenters. The molecule has 0 spiro atoms. The fraction of sp³-hybridized carbons (Fsp3) is 0.182. The summed E-state index contributed by atoms with van der Waals surface area (Å²) in [5.74, 6) is 5.97. The molecule has 0 aliphatic heterocycles. The van der Waals surface area contributed by atoms with Gasteiger partial charge in [0.15, 0.2) is 0 Å². The Morgan fingerprint density at radius 2 is 1.95 bits per heavy atom. The van der Waals surface area contributed by atoms with Gasteiger partial charge in [-0.2, -0.15) is 4.68 Å². The maximum Gasteiger partial charge on any atom is 0.444 e. The fourth-order valence-electron chi connectivity index (χ4n) is 1.42. The number of anilines is 1. The lowest BCUT2D eigenvalue weighted by Crippen LogP contribution is -2.35. The van der Waals surface area contributed by atoms with E-state index in [-0.39, 0.29) is 5.95 Å². The van der Waals surface area contributed by atoms with Crippen LogP contribution >= 0.6 is 0 Å². The smallest absolute Gasteiger partial charge is 0.409 e. The van der Waals surface area contributed by atoms with Crippen LogP contribution in [0.25, 0.3) is 0 Å². The van der Waals surface area contributed by atoms with Gasteiger partial charge < -0.3 is 15.5 Å². The SMILES string of the molecule is CN(C)c1nn(C(=O)Oc2ccccc2)c(=O)n1N. The Kier molecular flexibility index (Phi) is 3.23. The van der Waals surface area contributed by atoms with Crippen LogP contribution in [0, 0.1) is 0 Å². The van der Waals surface area contributed by atoms with Crippen molar-refractivity contribution in [3.05, 3.63) is 40.8 Å². The van der Waals surface area contributed by atoms with Gasteiger partial charge in [0.1, 0.15) is 5.75 Å². The minimum absolute atomic E-state index is 0.148. The molecule has 1 aromatic carbocycles. The minimum Gasteiger partial charge on any atom is -0.409 e. The zero-order valence-electron chi connectivity index (χ0n) is 10.5. The zero-order valence-corrected chi connectivity index (χ0v) is 10.5. The number of carbonyl (C=O) groups is 1. The molecule has 8 nitrogen and oxygen atoms in total. The molecule has 100 valence electrons. The van der Waals surface area contributed by atoms with E-state index in [4.69, 9.17) is 10.6 Å². The maximum atomic E-state index is 11.8. The van der Waals surface area contributed by atoms with Gasteiger partial charge in [-0.3, -0.25) is 0 Å². The number of hydrogen-bond acceptors (Lipinski definition) is 6. The third kappa shape index (κ3) is 2.41. The molecule has 0 bridgehead atoms. The number of rotatable bonds is 2. The molecule has 19 heavy (non-hydrogen) atoms. The predicted octanol–water partition coefficient (Wildman–Crippen LogP) is -0.128. The van der Waals surface area contributed by atoms with Crippen molar-refractivity contribution >= 4 is 12.0 Å². The van der Waals surface area contributed by atoms with Gasteiger partial charge in [0.2, 0.25) is 5.95 Å². The number of nitrogens with zero attached hydrogens (tertiary/aromatic N) is 4. The molecule has 1 heterocycles. The van der Waals surface area contributed by atoms with E-state index >= 15 is 0 Å². The minimum atomic E-state index is -0.913. The number of hydrogen-bond donors (Lipinski definition) is 1. The molecule has 0 saturated heterocycles.